The Labute approximate surface area is 136 Å². The number of imidazole rings is 1. The summed E-state index contributed by atoms with van der Waals surface area (Å²) in [6.45, 7) is 0. The lowest BCUT2D eigenvalue weighted by molar-refractivity contribution is -0.126. The Hall–Kier alpha value is -2.36. The number of nitrogens with one attached hydrogen (secondary N) is 1. The molecule has 2 aromatic rings. The Kier molecular flexibility index (Phi) is 3.52. The predicted octanol–water partition coefficient (Wildman–Crippen LogP) is 2.84. The van der Waals surface area contributed by atoms with Gasteiger partial charge in [0.25, 0.3) is 0 Å². The molecule has 4 heteroatoms. The summed E-state index contributed by atoms with van der Waals surface area (Å²) in [5, 5.41) is 3.25. The maximum absolute atomic E-state index is 12.8. The van der Waals surface area contributed by atoms with E-state index < -0.39 is 0 Å². The highest BCUT2D eigenvalue weighted by atomic mass is 16.2. The molecule has 2 aliphatic carbocycles. The van der Waals surface area contributed by atoms with Crippen molar-refractivity contribution in [2.45, 2.75) is 18.9 Å². The third-order valence-electron chi connectivity index (χ3n) is 5.15. The fraction of sp³-hybridized carbons (Fsp3) is 0.368. The molecule has 1 aromatic carbocycles. The minimum Gasteiger partial charge on any atom is -0.342 e. The van der Waals surface area contributed by atoms with Crippen molar-refractivity contribution in [3.8, 4) is 0 Å². The summed E-state index contributed by atoms with van der Waals surface area (Å²) < 4.78 is 1.97. The molecule has 1 amide bonds. The summed E-state index contributed by atoms with van der Waals surface area (Å²) in [5.74, 6) is 2.13. The second-order valence-electron chi connectivity index (χ2n) is 6.64. The van der Waals surface area contributed by atoms with Crippen LogP contribution >= 0.6 is 0 Å². The Bertz CT molecular complexity index is 734. The smallest absolute Gasteiger partial charge is 0.224 e. The first-order valence-electron chi connectivity index (χ1n) is 8.23. The standard InChI is InChI=1S/C19H21N3O/c1-22-10-9-20-18(22)17(14-5-3-2-4-6-14)21-19(23)16-12-13-7-8-15(16)11-13/h2-10,13,15-17H,11-12H2,1H3,(H,21,23)/t13-,15-,16-,17+/m0/s1. The van der Waals surface area contributed by atoms with E-state index in [1.54, 1.807) is 6.20 Å². The fourth-order valence-corrected chi connectivity index (χ4v) is 3.93. The van der Waals surface area contributed by atoms with Crippen molar-refractivity contribution in [2.24, 2.45) is 24.8 Å². The zero-order valence-electron chi connectivity index (χ0n) is 13.2. The average Bonchev–Trinajstić information content (AvgIpc) is 3.30. The van der Waals surface area contributed by atoms with Gasteiger partial charge in [-0.3, -0.25) is 4.79 Å². The molecule has 118 valence electrons. The van der Waals surface area contributed by atoms with E-state index in [1.165, 1.54) is 0 Å². The zero-order valence-corrected chi connectivity index (χ0v) is 13.2. The van der Waals surface area contributed by atoms with Crippen LogP contribution in [-0.2, 0) is 11.8 Å². The van der Waals surface area contributed by atoms with Gasteiger partial charge < -0.3 is 9.88 Å². The summed E-state index contributed by atoms with van der Waals surface area (Å²) in [7, 11) is 1.96. The lowest BCUT2D eigenvalue weighted by atomic mass is 9.92. The summed E-state index contributed by atoms with van der Waals surface area (Å²) in [5.41, 5.74) is 1.06. The van der Waals surface area contributed by atoms with Gasteiger partial charge in [-0.05, 0) is 30.2 Å². The number of fused-ring (bicyclic) bond motifs is 2. The Morgan fingerprint density at radius 3 is 2.70 bits per heavy atom. The average molecular weight is 307 g/mol. The Balaban J connectivity index is 1.60. The van der Waals surface area contributed by atoms with Crippen LogP contribution in [0.3, 0.4) is 0 Å². The van der Waals surface area contributed by atoms with Crippen LogP contribution in [0, 0.1) is 17.8 Å². The van der Waals surface area contributed by atoms with Crippen LogP contribution in [0.4, 0.5) is 0 Å². The Morgan fingerprint density at radius 1 is 1.26 bits per heavy atom. The highest BCUT2D eigenvalue weighted by molar-refractivity contribution is 5.80. The van der Waals surface area contributed by atoms with Crippen LogP contribution < -0.4 is 5.32 Å². The largest absolute Gasteiger partial charge is 0.342 e. The van der Waals surface area contributed by atoms with Crippen LogP contribution in [0.5, 0.6) is 0 Å². The van der Waals surface area contributed by atoms with Crippen molar-refractivity contribution in [3.63, 3.8) is 0 Å². The van der Waals surface area contributed by atoms with E-state index in [9.17, 15) is 4.79 Å². The normalized spacial score (nSPS) is 26.4. The number of hydrogen-bond donors (Lipinski definition) is 1. The minimum absolute atomic E-state index is 0.108. The van der Waals surface area contributed by atoms with Crippen molar-refractivity contribution in [1.82, 2.24) is 14.9 Å². The number of allylic oxidation sites excluding steroid dienone is 2. The second-order valence-corrected chi connectivity index (χ2v) is 6.64. The maximum atomic E-state index is 12.8. The lowest BCUT2D eigenvalue weighted by Crippen LogP contribution is -2.37. The van der Waals surface area contributed by atoms with Crippen molar-refractivity contribution < 1.29 is 4.79 Å². The van der Waals surface area contributed by atoms with Crippen LogP contribution in [0.2, 0.25) is 0 Å². The summed E-state index contributed by atoms with van der Waals surface area (Å²) >= 11 is 0. The summed E-state index contributed by atoms with van der Waals surface area (Å²) in [6, 6.07) is 9.87. The van der Waals surface area contributed by atoms with Gasteiger partial charge in [-0.25, -0.2) is 4.98 Å². The van der Waals surface area contributed by atoms with Gasteiger partial charge in [0.2, 0.25) is 5.91 Å². The highest BCUT2D eigenvalue weighted by Gasteiger charge is 2.40. The molecule has 4 rings (SSSR count). The van der Waals surface area contributed by atoms with Crippen molar-refractivity contribution >= 4 is 5.91 Å². The van der Waals surface area contributed by atoms with E-state index in [1.807, 2.05) is 48.1 Å². The topological polar surface area (TPSA) is 46.9 Å². The van der Waals surface area contributed by atoms with Gasteiger partial charge in [0.1, 0.15) is 11.9 Å². The molecule has 1 aromatic heterocycles. The van der Waals surface area contributed by atoms with E-state index in [0.717, 1.165) is 24.2 Å². The van der Waals surface area contributed by atoms with E-state index in [0.29, 0.717) is 11.8 Å². The molecule has 1 N–H and O–H groups in total. The monoisotopic (exact) mass is 307 g/mol. The number of benzene rings is 1. The number of aromatic nitrogens is 2. The molecule has 2 bridgehead atoms. The van der Waals surface area contributed by atoms with Crippen LogP contribution in [0.25, 0.3) is 0 Å². The summed E-state index contributed by atoms with van der Waals surface area (Å²) in [6.07, 6.45) is 10.3. The van der Waals surface area contributed by atoms with Gasteiger partial charge in [0.15, 0.2) is 0 Å². The highest BCUT2D eigenvalue weighted by Crippen LogP contribution is 2.43. The molecule has 23 heavy (non-hydrogen) atoms. The third-order valence-corrected chi connectivity index (χ3v) is 5.15. The molecule has 2 aliphatic rings. The predicted molar refractivity (Wildman–Crippen MR) is 88.5 cm³/mol. The van der Waals surface area contributed by atoms with Crippen LogP contribution in [0.15, 0.2) is 54.9 Å². The zero-order chi connectivity index (χ0) is 15.8. The maximum Gasteiger partial charge on any atom is 0.224 e. The molecule has 1 heterocycles. The molecule has 0 aliphatic heterocycles. The van der Waals surface area contributed by atoms with Crippen molar-refractivity contribution in [1.29, 1.82) is 0 Å². The Morgan fingerprint density at radius 2 is 2.09 bits per heavy atom. The number of nitrogens with zero attached hydrogens (tertiary/aromatic N) is 2. The second kappa shape index (κ2) is 5.69. The molecule has 0 unspecified atom stereocenters. The van der Waals surface area contributed by atoms with E-state index >= 15 is 0 Å². The third kappa shape index (κ3) is 2.58. The molecule has 4 atom stereocenters. The first kappa shape index (κ1) is 14.2. The van der Waals surface area contributed by atoms with Crippen molar-refractivity contribution in [3.05, 3.63) is 66.3 Å². The molecule has 1 fully saturated rings. The van der Waals surface area contributed by atoms with E-state index in [4.69, 9.17) is 0 Å². The van der Waals surface area contributed by atoms with Gasteiger partial charge in [0, 0.05) is 25.4 Å². The molecular weight excluding hydrogens is 286 g/mol. The number of carbonyl (C=O) groups excluding carboxylic acids is 1. The van der Waals surface area contributed by atoms with Gasteiger partial charge in [-0.15, -0.1) is 0 Å². The van der Waals surface area contributed by atoms with Gasteiger partial charge in [0.05, 0.1) is 0 Å². The van der Waals surface area contributed by atoms with Crippen LogP contribution in [-0.4, -0.2) is 15.5 Å². The number of rotatable bonds is 4. The molecule has 1 saturated carbocycles. The van der Waals surface area contributed by atoms with Gasteiger partial charge >= 0.3 is 0 Å². The van der Waals surface area contributed by atoms with Gasteiger partial charge in [-0.1, -0.05) is 42.5 Å². The number of amides is 1. The fourth-order valence-electron chi connectivity index (χ4n) is 3.93. The molecule has 0 spiro atoms. The molecule has 0 saturated heterocycles. The molecule has 0 radical (unpaired) electrons. The lowest BCUT2D eigenvalue weighted by Gasteiger charge is -2.23. The molecule has 4 nitrogen and oxygen atoms in total. The van der Waals surface area contributed by atoms with Gasteiger partial charge in [-0.2, -0.15) is 0 Å². The number of aryl methyl sites for hydroxylation is 1. The molecular formula is C19H21N3O. The summed E-state index contributed by atoms with van der Waals surface area (Å²) in [4.78, 5) is 17.3. The van der Waals surface area contributed by atoms with Crippen LogP contribution in [0.1, 0.15) is 30.3 Å². The number of carbonyl (C=O) groups is 1. The van der Waals surface area contributed by atoms with Crippen molar-refractivity contribution in [2.75, 3.05) is 0 Å². The number of hydrogen-bond acceptors (Lipinski definition) is 2. The SMILES string of the molecule is Cn1ccnc1[C@H](NC(=O)[C@H]1C[C@H]2C=C[C@H]1C2)c1ccccc1. The minimum atomic E-state index is -0.202. The van der Waals surface area contributed by atoms with E-state index in [-0.39, 0.29) is 17.9 Å². The quantitative estimate of drug-likeness (QED) is 0.883. The first-order valence-corrected chi connectivity index (χ1v) is 8.23. The first-order chi connectivity index (χ1) is 11.2. The van der Waals surface area contributed by atoms with E-state index in [2.05, 4.69) is 22.5 Å².